The van der Waals surface area contributed by atoms with Crippen molar-refractivity contribution in [2.45, 2.75) is 70.8 Å². The Morgan fingerprint density at radius 3 is 2.57 bits per heavy atom. The highest BCUT2D eigenvalue weighted by Gasteiger charge is 2.29. The molecular weight excluding hydrogens is 368 g/mol. The van der Waals surface area contributed by atoms with Gasteiger partial charge in [0, 0.05) is 32.0 Å². The molecule has 1 atom stereocenters. The van der Waals surface area contributed by atoms with Gasteiger partial charge >= 0.3 is 0 Å². The lowest BCUT2D eigenvalue weighted by Gasteiger charge is -2.32. The normalized spacial score (nSPS) is 18.8. The van der Waals surface area contributed by atoms with Crippen molar-refractivity contribution in [2.75, 3.05) is 19.6 Å². The van der Waals surface area contributed by atoms with E-state index in [9.17, 15) is 4.79 Å². The van der Waals surface area contributed by atoms with Crippen LogP contribution in [0.3, 0.4) is 0 Å². The van der Waals surface area contributed by atoms with Crippen molar-refractivity contribution in [3.05, 3.63) is 59.2 Å². The second kappa shape index (κ2) is 9.78. The second-order valence-electron chi connectivity index (χ2n) is 9.08. The van der Waals surface area contributed by atoms with E-state index in [0.717, 1.165) is 25.9 Å². The Kier molecular flexibility index (Phi) is 6.89. The Morgan fingerprint density at radius 2 is 1.80 bits per heavy atom. The molecule has 2 aromatic carbocycles. The highest BCUT2D eigenvalue weighted by molar-refractivity contribution is 5.80. The van der Waals surface area contributed by atoms with E-state index in [1.165, 1.54) is 55.3 Å². The van der Waals surface area contributed by atoms with Crippen LogP contribution in [-0.4, -0.2) is 36.5 Å². The van der Waals surface area contributed by atoms with Crippen molar-refractivity contribution in [2.24, 2.45) is 0 Å². The minimum atomic E-state index is 0.105. The molecule has 2 aromatic rings. The van der Waals surface area contributed by atoms with Gasteiger partial charge in [-0.1, -0.05) is 62.2 Å². The van der Waals surface area contributed by atoms with Crippen molar-refractivity contribution in [3.63, 3.8) is 0 Å². The molecule has 0 radical (unpaired) electrons. The fourth-order valence-electron chi connectivity index (χ4n) is 5.52. The molecule has 160 valence electrons. The Balaban J connectivity index is 1.35. The van der Waals surface area contributed by atoms with Crippen molar-refractivity contribution in [1.82, 2.24) is 10.2 Å². The number of piperidine rings is 1. The summed E-state index contributed by atoms with van der Waals surface area (Å²) in [6.07, 6.45) is 8.32. The van der Waals surface area contributed by atoms with Crippen molar-refractivity contribution in [1.29, 1.82) is 0 Å². The molecule has 1 aliphatic heterocycles. The van der Waals surface area contributed by atoms with Gasteiger partial charge in [-0.15, -0.1) is 0 Å². The zero-order chi connectivity index (χ0) is 20.9. The molecule has 2 aliphatic rings. The van der Waals surface area contributed by atoms with Gasteiger partial charge < -0.3 is 10.2 Å². The van der Waals surface area contributed by atoms with Gasteiger partial charge in [0.15, 0.2) is 0 Å². The third-order valence-corrected chi connectivity index (χ3v) is 6.90. The number of benzene rings is 2. The number of hydrogen-bond acceptors (Lipinski definition) is 2. The van der Waals surface area contributed by atoms with Crippen LogP contribution in [0.15, 0.2) is 42.5 Å². The van der Waals surface area contributed by atoms with Crippen LogP contribution in [0.2, 0.25) is 0 Å². The molecule has 0 spiro atoms. The second-order valence-corrected chi connectivity index (χ2v) is 9.08. The summed E-state index contributed by atoms with van der Waals surface area (Å²) in [5, 5.41) is 3.08. The average Bonchev–Trinajstić information content (AvgIpc) is 3.07. The first kappa shape index (κ1) is 21.1. The highest BCUT2D eigenvalue weighted by Crippen LogP contribution is 2.48. The first-order chi connectivity index (χ1) is 14.7. The van der Waals surface area contributed by atoms with Crippen LogP contribution in [-0.2, 0) is 11.2 Å². The number of hydrogen-bond donors (Lipinski definition) is 1. The summed E-state index contributed by atoms with van der Waals surface area (Å²) in [6.45, 7) is 7.31. The number of carbonyl (C=O) groups excluding carboxylic acids is 1. The zero-order valence-electron chi connectivity index (χ0n) is 18.6. The summed E-state index contributed by atoms with van der Waals surface area (Å²) in [5.74, 6) is 0.664. The van der Waals surface area contributed by atoms with E-state index in [1.54, 1.807) is 18.1 Å². The summed E-state index contributed by atoms with van der Waals surface area (Å²) in [4.78, 5) is 13.8. The molecule has 1 fully saturated rings. The van der Waals surface area contributed by atoms with E-state index in [4.69, 9.17) is 0 Å². The largest absolute Gasteiger partial charge is 0.354 e. The van der Waals surface area contributed by atoms with Gasteiger partial charge in [0.25, 0.3) is 0 Å². The lowest BCUT2D eigenvalue weighted by molar-refractivity contribution is -0.119. The third kappa shape index (κ3) is 4.62. The molecule has 1 amide bonds. The van der Waals surface area contributed by atoms with Crippen LogP contribution in [0.5, 0.6) is 0 Å². The fourth-order valence-corrected chi connectivity index (χ4v) is 5.52. The van der Waals surface area contributed by atoms with Crippen LogP contribution < -0.4 is 5.32 Å². The first-order valence-electron chi connectivity index (χ1n) is 11.9. The number of unbranched alkanes of at least 4 members (excludes halogenated alkanes) is 1. The lowest BCUT2D eigenvalue weighted by atomic mass is 9.87. The number of carbonyl (C=O) groups is 1. The molecule has 3 nitrogen and oxygen atoms in total. The molecule has 0 aromatic heterocycles. The van der Waals surface area contributed by atoms with Gasteiger partial charge in [-0.05, 0) is 66.5 Å². The summed E-state index contributed by atoms with van der Waals surface area (Å²) in [5.41, 5.74) is 7.62. The number of amides is 1. The van der Waals surface area contributed by atoms with E-state index in [1.807, 2.05) is 0 Å². The SMILES string of the molecule is CCCc1cccc2c1C(CCCCN1CCC(NC(C)=O)CC1)c1ccccc1-2. The molecule has 30 heavy (non-hydrogen) atoms. The minimum absolute atomic E-state index is 0.105. The molecule has 1 saturated heterocycles. The first-order valence-corrected chi connectivity index (χ1v) is 11.9. The Hall–Kier alpha value is -2.13. The quantitative estimate of drug-likeness (QED) is 0.587. The van der Waals surface area contributed by atoms with E-state index in [2.05, 4.69) is 59.6 Å². The number of nitrogens with zero attached hydrogens (tertiary/aromatic N) is 1. The number of rotatable bonds is 8. The van der Waals surface area contributed by atoms with Crippen molar-refractivity contribution in [3.8, 4) is 11.1 Å². The maximum Gasteiger partial charge on any atom is 0.217 e. The van der Waals surface area contributed by atoms with Gasteiger partial charge in [-0.25, -0.2) is 0 Å². The summed E-state index contributed by atoms with van der Waals surface area (Å²) < 4.78 is 0. The topological polar surface area (TPSA) is 32.3 Å². The Bertz CT molecular complexity index is 867. The van der Waals surface area contributed by atoms with Crippen LogP contribution in [0, 0.1) is 0 Å². The van der Waals surface area contributed by atoms with Crippen LogP contribution in [0.4, 0.5) is 0 Å². The van der Waals surface area contributed by atoms with Crippen molar-refractivity contribution < 1.29 is 4.79 Å². The number of aryl methyl sites for hydroxylation is 1. The van der Waals surface area contributed by atoms with Crippen LogP contribution in [0.25, 0.3) is 11.1 Å². The molecule has 3 heteroatoms. The van der Waals surface area contributed by atoms with Gasteiger partial charge in [-0.2, -0.15) is 0 Å². The maximum atomic E-state index is 11.2. The van der Waals surface area contributed by atoms with Gasteiger partial charge in [0.1, 0.15) is 0 Å². The zero-order valence-corrected chi connectivity index (χ0v) is 18.6. The minimum Gasteiger partial charge on any atom is -0.354 e. The molecule has 1 aliphatic carbocycles. The average molecular weight is 405 g/mol. The van der Waals surface area contributed by atoms with Gasteiger partial charge in [0.05, 0.1) is 0 Å². The van der Waals surface area contributed by atoms with E-state index < -0.39 is 0 Å². The molecule has 1 unspecified atom stereocenters. The monoisotopic (exact) mass is 404 g/mol. The smallest absolute Gasteiger partial charge is 0.217 e. The molecule has 0 saturated carbocycles. The summed E-state index contributed by atoms with van der Waals surface area (Å²) >= 11 is 0. The molecule has 1 N–H and O–H groups in total. The molecule has 1 heterocycles. The van der Waals surface area contributed by atoms with Crippen LogP contribution >= 0.6 is 0 Å². The highest BCUT2D eigenvalue weighted by atomic mass is 16.1. The Labute approximate surface area is 181 Å². The number of fused-ring (bicyclic) bond motifs is 3. The predicted molar refractivity (Wildman–Crippen MR) is 125 cm³/mol. The number of nitrogens with one attached hydrogen (secondary N) is 1. The van der Waals surface area contributed by atoms with Gasteiger partial charge in [-0.3, -0.25) is 4.79 Å². The number of likely N-dealkylation sites (tertiary alicyclic amines) is 1. The lowest BCUT2D eigenvalue weighted by Crippen LogP contribution is -2.44. The van der Waals surface area contributed by atoms with Gasteiger partial charge in [0.2, 0.25) is 5.91 Å². The maximum absolute atomic E-state index is 11.2. The Morgan fingerprint density at radius 1 is 1.03 bits per heavy atom. The molecule has 4 rings (SSSR count). The summed E-state index contributed by atoms with van der Waals surface area (Å²) in [7, 11) is 0. The van der Waals surface area contributed by atoms with E-state index >= 15 is 0 Å². The fraction of sp³-hybridized carbons (Fsp3) is 0.519. The predicted octanol–water partition coefficient (Wildman–Crippen LogP) is 5.52. The van der Waals surface area contributed by atoms with Crippen LogP contribution in [0.1, 0.15) is 75.0 Å². The molecular formula is C27H36N2O. The van der Waals surface area contributed by atoms with E-state index in [-0.39, 0.29) is 5.91 Å². The van der Waals surface area contributed by atoms with E-state index in [0.29, 0.717) is 12.0 Å². The van der Waals surface area contributed by atoms with Crippen molar-refractivity contribution >= 4 is 5.91 Å². The third-order valence-electron chi connectivity index (χ3n) is 6.90. The summed E-state index contributed by atoms with van der Waals surface area (Å²) in [6, 6.07) is 16.3. The molecule has 0 bridgehead atoms. The standard InChI is InChI=1S/C27H36N2O/c1-3-9-21-10-8-14-26-24-12-5-4-11-23(24)25(27(21)26)13-6-7-17-29-18-15-22(16-19-29)28-20(2)30/h4-5,8,10-12,14,22,25H,3,6-7,9,13,15-19H2,1-2H3,(H,28,30).